The van der Waals surface area contributed by atoms with Crippen molar-refractivity contribution < 1.29 is 13.3 Å². The van der Waals surface area contributed by atoms with Crippen molar-refractivity contribution in [2.75, 3.05) is 22.0 Å². The van der Waals surface area contributed by atoms with Gasteiger partial charge in [0.05, 0.1) is 10.6 Å². The van der Waals surface area contributed by atoms with Gasteiger partial charge in [-0.25, -0.2) is 13.4 Å². The Morgan fingerprint density at radius 1 is 1.07 bits per heavy atom. The molecular weight excluding hydrogens is 384 g/mol. The second-order valence-corrected chi connectivity index (χ2v) is 6.38. The Morgan fingerprint density at radius 3 is 2.46 bits per heavy atom. The monoisotopic (exact) mass is 400 g/mol. The van der Waals surface area contributed by atoms with Gasteiger partial charge in [0.2, 0.25) is 16.8 Å². The van der Waals surface area contributed by atoms with E-state index in [-0.39, 0.29) is 5.69 Å². The van der Waals surface area contributed by atoms with Crippen molar-refractivity contribution in [2.45, 2.75) is 0 Å². The number of thiol groups is 1. The second-order valence-electron chi connectivity index (χ2n) is 5.65. The Kier molecular flexibility index (Phi) is 5.65. The summed E-state index contributed by atoms with van der Waals surface area (Å²) >= 11 is 0. The predicted octanol–water partition coefficient (Wildman–Crippen LogP) is 2.83. The summed E-state index contributed by atoms with van der Waals surface area (Å²) in [5.74, 6) is 0.887. The molecule has 0 radical (unpaired) electrons. The average Bonchev–Trinajstić information content (AvgIpc) is 2.67. The summed E-state index contributed by atoms with van der Waals surface area (Å²) in [4.78, 5) is 20.7. The van der Waals surface area contributed by atoms with E-state index in [4.69, 9.17) is 0 Å². The van der Waals surface area contributed by atoms with E-state index in [0.717, 1.165) is 5.69 Å². The molecule has 1 heterocycles. The highest BCUT2D eigenvalue weighted by Gasteiger charge is 2.10. The standard InChI is InChI=1S/C17H16N6O4S/c1-22(14-5-7-15(8-6-14)23(24)25)16-9-10-18-17(20-16)19-12-3-2-4-13(11-12)21-28(26)27/h2-11,28H,1H3,(H,18,19,20)(H,21,26,27). The first-order valence-corrected chi connectivity index (χ1v) is 9.19. The van der Waals surface area contributed by atoms with Crippen LogP contribution in [0, 0.1) is 10.1 Å². The number of nitrogens with zero attached hydrogens (tertiary/aromatic N) is 4. The summed E-state index contributed by atoms with van der Waals surface area (Å²) in [5, 5.41) is 13.8. The Morgan fingerprint density at radius 2 is 1.79 bits per heavy atom. The zero-order chi connectivity index (χ0) is 20.1. The Labute approximate surface area is 162 Å². The summed E-state index contributed by atoms with van der Waals surface area (Å²) in [7, 11) is -0.972. The van der Waals surface area contributed by atoms with E-state index >= 15 is 0 Å². The van der Waals surface area contributed by atoms with Crippen LogP contribution < -0.4 is 14.9 Å². The largest absolute Gasteiger partial charge is 0.329 e. The van der Waals surface area contributed by atoms with Gasteiger partial charge in [0.1, 0.15) is 5.82 Å². The molecule has 0 amide bonds. The zero-order valence-corrected chi connectivity index (χ0v) is 15.5. The molecule has 0 aliphatic carbocycles. The van der Waals surface area contributed by atoms with E-state index < -0.39 is 15.8 Å². The molecule has 3 rings (SSSR count). The quantitative estimate of drug-likeness (QED) is 0.313. The molecule has 0 aliphatic heterocycles. The molecule has 2 N–H and O–H groups in total. The second kappa shape index (κ2) is 8.31. The highest BCUT2D eigenvalue weighted by atomic mass is 32.2. The lowest BCUT2D eigenvalue weighted by molar-refractivity contribution is -0.384. The van der Waals surface area contributed by atoms with Gasteiger partial charge in [-0.05, 0) is 36.4 Å². The first-order chi connectivity index (χ1) is 13.4. The van der Waals surface area contributed by atoms with Crippen LogP contribution in [0.5, 0.6) is 0 Å². The zero-order valence-electron chi connectivity index (χ0n) is 14.6. The molecule has 0 spiro atoms. The number of benzene rings is 2. The van der Waals surface area contributed by atoms with Gasteiger partial charge in [-0.2, -0.15) is 4.98 Å². The maximum atomic E-state index is 10.8. The molecule has 3 aromatic rings. The van der Waals surface area contributed by atoms with Crippen LogP contribution in [-0.2, 0) is 10.9 Å². The van der Waals surface area contributed by atoms with Gasteiger partial charge in [-0.15, -0.1) is 0 Å². The molecule has 0 aliphatic rings. The highest BCUT2D eigenvalue weighted by molar-refractivity contribution is 7.73. The first-order valence-electron chi connectivity index (χ1n) is 8.02. The van der Waals surface area contributed by atoms with Crippen molar-refractivity contribution in [3.63, 3.8) is 0 Å². The number of anilines is 5. The number of non-ortho nitro benzene ring substituents is 1. The molecule has 1 aromatic heterocycles. The first kappa shape index (κ1) is 19.0. The van der Waals surface area contributed by atoms with E-state index in [1.165, 1.54) is 12.1 Å². The number of hydrogen-bond acceptors (Lipinski definition) is 8. The van der Waals surface area contributed by atoms with Gasteiger partial charge >= 0.3 is 0 Å². The van der Waals surface area contributed by atoms with E-state index in [1.807, 2.05) is 0 Å². The van der Waals surface area contributed by atoms with Crippen LogP contribution in [0.4, 0.5) is 34.5 Å². The maximum Gasteiger partial charge on any atom is 0.269 e. The molecule has 0 bridgehead atoms. The van der Waals surface area contributed by atoms with Crippen molar-refractivity contribution in [3.8, 4) is 0 Å². The lowest BCUT2D eigenvalue weighted by Gasteiger charge is -2.18. The fourth-order valence-corrected chi connectivity index (χ4v) is 2.78. The highest BCUT2D eigenvalue weighted by Crippen LogP contribution is 2.25. The molecule has 11 heteroatoms. The molecule has 144 valence electrons. The number of aromatic nitrogens is 2. The number of nitro groups is 1. The lowest BCUT2D eigenvalue weighted by atomic mass is 10.2. The minimum atomic E-state index is -2.75. The van der Waals surface area contributed by atoms with Crippen LogP contribution in [0.25, 0.3) is 0 Å². The Bertz CT molecular complexity index is 1060. The maximum absolute atomic E-state index is 10.8. The van der Waals surface area contributed by atoms with E-state index in [2.05, 4.69) is 20.0 Å². The number of rotatable bonds is 7. The van der Waals surface area contributed by atoms with Gasteiger partial charge in [-0.3, -0.25) is 14.8 Å². The van der Waals surface area contributed by atoms with Gasteiger partial charge in [0.15, 0.2) is 0 Å². The molecule has 28 heavy (non-hydrogen) atoms. The van der Waals surface area contributed by atoms with Crippen molar-refractivity contribution in [1.82, 2.24) is 9.97 Å². The van der Waals surface area contributed by atoms with Crippen molar-refractivity contribution in [1.29, 1.82) is 0 Å². The minimum absolute atomic E-state index is 0.00973. The minimum Gasteiger partial charge on any atom is -0.329 e. The topological polar surface area (TPSA) is 130 Å². The lowest BCUT2D eigenvalue weighted by Crippen LogP contribution is -2.12. The van der Waals surface area contributed by atoms with Crippen molar-refractivity contribution >= 4 is 45.4 Å². The Balaban J connectivity index is 1.79. The SMILES string of the molecule is CN(c1ccc([N+](=O)[O-])cc1)c1ccnc(Nc2cccc(N[SH](=O)=O)c2)n1. The number of nitro benzene ring substituents is 1. The molecule has 0 fully saturated rings. The van der Waals surface area contributed by atoms with E-state index in [9.17, 15) is 18.5 Å². The van der Waals surface area contributed by atoms with Crippen LogP contribution in [0.1, 0.15) is 0 Å². The predicted molar refractivity (Wildman–Crippen MR) is 107 cm³/mol. The van der Waals surface area contributed by atoms with Crippen LogP contribution >= 0.6 is 0 Å². The van der Waals surface area contributed by atoms with Crippen LogP contribution in [0.15, 0.2) is 60.8 Å². The number of hydrogen-bond donors (Lipinski definition) is 3. The Hall–Kier alpha value is -3.73. The average molecular weight is 400 g/mol. The third kappa shape index (κ3) is 4.71. The molecule has 10 nitrogen and oxygen atoms in total. The van der Waals surface area contributed by atoms with E-state index in [1.54, 1.807) is 60.6 Å². The normalized spacial score (nSPS) is 10.5. The molecule has 0 saturated carbocycles. The van der Waals surface area contributed by atoms with E-state index in [0.29, 0.717) is 23.1 Å². The molecule has 0 atom stereocenters. The summed E-state index contributed by atoms with van der Waals surface area (Å²) in [6.45, 7) is 0. The van der Waals surface area contributed by atoms with Crippen LogP contribution in [-0.4, -0.2) is 30.4 Å². The van der Waals surface area contributed by atoms with Crippen LogP contribution in [0.2, 0.25) is 0 Å². The molecule has 2 aromatic carbocycles. The fraction of sp³-hybridized carbons (Fsp3) is 0.0588. The van der Waals surface area contributed by atoms with Gasteiger partial charge in [-0.1, -0.05) is 6.07 Å². The van der Waals surface area contributed by atoms with Gasteiger partial charge in [0, 0.05) is 36.8 Å². The smallest absolute Gasteiger partial charge is 0.269 e. The van der Waals surface area contributed by atoms with Crippen LogP contribution in [0.3, 0.4) is 0 Å². The molecule has 0 unspecified atom stereocenters. The van der Waals surface area contributed by atoms with Crippen molar-refractivity contribution in [3.05, 3.63) is 70.9 Å². The third-order valence-electron chi connectivity index (χ3n) is 3.77. The third-order valence-corrected chi connectivity index (χ3v) is 4.21. The summed E-state index contributed by atoms with van der Waals surface area (Å²) in [5.41, 5.74) is 1.76. The summed E-state index contributed by atoms with van der Waals surface area (Å²) < 4.78 is 23.9. The molecule has 0 saturated heterocycles. The fourth-order valence-electron chi connectivity index (χ4n) is 2.43. The molecular formula is C17H16N6O4S. The summed E-state index contributed by atoms with van der Waals surface area (Å²) in [6.07, 6.45) is 1.57. The summed E-state index contributed by atoms with van der Waals surface area (Å²) in [6, 6.07) is 14.5. The van der Waals surface area contributed by atoms with Gasteiger partial charge in [0.25, 0.3) is 5.69 Å². The van der Waals surface area contributed by atoms with Crippen molar-refractivity contribution in [2.24, 2.45) is 0 Å². The number of nitrogens with one attached hydrogen (secondary N) is 2. The van der Waals surface area contributed by atoms with Gasteiger partial charge < -0.3 is 10.2 Å².